The molecule has 82 valence electrons. The van der Waals surface area contributed by atoms with Crippen LogP contribution in [0.5, 0.6) is 0 Å². The second-order valence-corrected chi connectivity index (χ2v) is 3.68. The molecule has 1 N–H and O–H groups in total. The van der Waals surface area contributed by atoms with Crippen LogP contribution >= 0.6 is 11.7 Å². The highest BCUT2D eigenvalue weighted by molar-refractivity contribution is 6.99. The third-order valence-corrected chi connectivity index (χ3v) is 2.71. The van der Waals surface area contributed by atoms with E-state index >= 15 is 0 Å². The molecule has 1 heterocycles. The molecule has 0 spiro atoms. The van der Waals surface area contributed by atoms with Crippen LogP contribution in [0.2, 0.25) is 0 Å². The number of hydrogen-bond donors (Lipinski definition) is 1. The number of nitrogens with zero attached hydrogens (tertiary/aromatic N) is 3. The lowest BCUT2D eigenvalue weighted by atomic mass is 10.1. The molecule has 0 aliphatic rings. The van der Waals surface area contributed by atoms with E-state index in [0.717, 1.165) is 11.7 Å². The van der Waals surface area contributed by atoms with Crippen LogP contribution in [-0.4, -0.2) is 19.7 Å². The van der Waals surface area contributed by atoms with Gasteiger partial charge in [0.15, 0.2) is 0 Å². The Morgan fingerprint density at radius 2 is 2.00 bits per heavy atom. The topological polar surface area (TPSA) is 58.4 Å². The Kier molecular flexibility index (Phi) is 2.91. The lowest BCUT2D eigenvalue weighted by Crippen LogP contribution is -2.05. The fourth-order valence-corrected chi connectivity index (χ4v) is 1.85. The molecule has 4 nitrogen and oxygen atoms in total. The molecule has 6 heteroatoms. The molecule has 16 heavy (non-hydrogen) atoms. The van der Waals surface area contributed by atoms with E-state index in [-0.39, 0.29) is 5.82 Å². The molecule has 0 unspecified atom stereocenters. The van der Waals surface area contributed by atoms with E-state index in [4.69, 9.17) is 5.21 Å². The van der Waals surface area contributed by atoms with Gasteiger partial charge in [0.05, 0.1) is 17.4 Å². The number of hydrogen-bond acceptors (Lipinski definition) is 5. The predicted octanol–water partition coefficient (Wildman–Crippen LogP) is 2.21. The average Bonchev–Trinajstić information content (AvgIpc) is 2.69. The van der Waals surface area contributed by atoms with Gasteiger partial charge < -0.3 is 5.21 Å². The largest absolute Gasteiger partial charge is 0.410 e. The van der Waals surface area contributed by atoms with Crippen molar-refractivity contribution in [3.63, 3.8) is 0 Å². The fourth-order valence-electron chi connectivity index (χ4n) is 1.30. The van der Waals surface area contributed by atoms with Crippen molar-refractivity contribution in [2.45, 2.75) is 6.92 Å². The third kappa shape index (κ3) is 1.92. The van der Waals surface area contributed by atoms with Crippen molar-refractivity contribution in [3.8, 4) is 0 Å². The monoisotopic (exact) mass is 237 g/mol. The summed E-state index contributed by atoms with van der Waals surface area (Å²) in [7, 11) is 0. The number of halogens is 1. The first-order valence-corrected chi connectivity index (χ1v) is 5.23. The van der Waals surface area contributed by atoms with Crippen molar-refractivity contribution < 1.29 is 9.60 Å². The number of oxime groups is 1. The highest BCUT2D eigenvalue weighted by atomic mass is 32.1. The van der Waals surface area contributed by atoms with Crippen molar-refractivity contribution >= 4 is 17.4 Å². The van der Waals surface area contributed by atoms with Gasteiger partial charge in [-0.05, 0) is 31.2 Å². The van der Waals surface area contributed by atoms with E-state index in [2.05, 4.69) is 13.9 Å². The molecule has 0 aliphatic heterocycles. The third-order valence-electron chi connectivity index (χ3n) is 2.09. The lowest BCUT2D eigenvalue weighted by Gasteiger charge is -2.01. The maximum Gasteiger partial charge on any atom is 0.138 e. The van der Waals surface area contributed by atoms with Gasteiger partial charge in [-0.15, -0.1) is 0 Å². The van der Waals surface area contributed by atoms with Gasteiger partial charge in [-0.1, -0.05) is 5.16 Å². The number of benzene rings is 1. The molecule has 0 aliphatic carbocycles. The first-order valence-electron chi connectivity index (χ1n) is 4.50. The zero-order chi connectivity index (χ0) is 11.5. The molecule has 2 rings (SSSR count). The highest BCUT2D eigenvalue weighted by Crippen LogP contribution is 2.13. The summed E-state index contributed by atoms with van der Waals surface area (Å²) in [5.41, 5.74) is 2.09. The van der Waals surface area contributed by atoms with Crippen molar-refractivity contribution in [1.29, 1.82) is 0 Å². The Morgan fingerprint density at radius 1 is 1.31 bits per heavy atom. The van der Waals surface area contributed by atoms with Crippen LogP contribution in [0.4, 0.5) is 4.39 Å². The second-order valence-electron chi connectivity index (χ2n) is 3.15. The minimum absolute atomic E-state index is 0.297. The summed E-state index contributed by atoms with van der Waals surface area (Å²) in [5, 5.41) is 12.2. The molecule has 1 aromatic carbocycles. The van der Waals surface area contributed by atoms with E-state index < -0.39 is 0 Å². The van der Waals surface area contributed by atoms with Crippen LogP contribution < -0.4 is 0 Å². The maximum absolute atomic E-state index is 12.7. The summed E-state index contributed by atoms with van der Waals surface area (Å²) >= 11 is 1.04. The Morgan fingerprint density at radius 3 is 2.50 bits per heavy atom. The van der Waals surface area contributed by atoms with Gasteiger partial charge in [-0.3, -0.25) is 0 Å². The molecule has 0 radical (unpaired) electrons. The molecule has 0 amide bonds. The number of aromatic nitrogens is 2. The van der Waals surface area contributed by atoms with Crippen molar-refractivity contribution in [2.24, 2.45) is 5.16 Å². The van der Waals surface area contributed by atoms with Crippen LogP contribution in [0, 0.1) is 12.7 Å². The van der Waals surface area contributed by atoms with E-state index in [0.29, 0.717) is 22.7 Å². The van der Waals surface area contributed by atoms with Crippen LogP contribution in [0.25, 0.3) is 0 Å². The molecular weight excluding hydrogens is 229 g/mol. The Labute approximate surface area is 95.4 Å². The number of rotatable bonds is 2. The van der Waals surface area contributed by atoms with Gasteiger partial charge in [-0.25, -0.2) is 4.39 Å². The molecule has 1 aromatic heterocycles. The normalized spacial score (nSPS) is 11.8. The molecular formula is C10H8FN3OS. The van der Waals surface area contributed by atoms with Crippen molar-refractivity contribution in [3.05, 3.63) is 47.0 Å². The first-order chi connectivity index (χ1) is 7.72. The van der Waals surface area contributed by atoms with Gasteiger partial charge in [0.25, 0.3) is 0 Å². The summed E-state index contributed by atoms with van der Waals surface area (Å²) in [6, 6.07) is 5.66. The molecule has 2 aromatic rings. The van der Waals surface area contributed by atoms with Crippen molar-refractivity contribution in [2.75, 3.05) is 0 Å². The summed E-state index contributed by atoms with van der Waals surface area (Å²) < 4.78 is 20.8. The van der Waals surface area contributed by atoms with Crippen LogP contribution in [-0.2, 0) is 0 Å². The van der Waals surface area contributed by atoms with Crippen LogP contribution in [0.3, 0.4) is 0 Å². The zero-order valence-electron chi connectivity index (χ0n) is 8.38. The van der Waals surface area contributed by atoms with Gasteiger partial charge >= 0.3 is 0 Å². The first kappa shape index (κ1) is 10.7. The lowest BCUT2D eigenvalue weighted by molar-refractivity contribution is 0.319. The quantitative estimate of drug-likeness (QED) is 0.495. The molecule has 0 atom stereocenters. The molecule has 0 fully saturated rings. The SMILES string of the molecule is Cc1nsnc1/C(=N\O)c1ccc(F)cc1. The Bertz CT molecular complexity index is 521. The van der Waals surface area contributed by atoms with Crippen molar-refractivity contribution in [1.82, 2.24) is 8.75 Å². The van der Waals surface area contributed by atoms with Gasteiger partial charge in [0, 0.05) is 5.56 Å². The maximum atomic E-state index is 12.7. The summed E-state index contributed by atoms with van der Waals surface area (Å²) in [5.74, 6) is -0.339. The van der Waals surface area contributed by atoms with Crippen LogP contribution in [0.15, 0.2) is 29.4 Å². The van der Waals surface area contributed by atoms with Gasteiger partial charge in [0.2, 0.25) is 0 Å². The minimum Gasteiger partial charge on any atom is -0.410 e. The Balaban J connectivity index is 2.46. The van der Waals surface area contributed by atoms with Gasteiger partial charge in [0.1, 0.15) is 17.2 Å². The highest BCUT2D eigenvalue weighted by Gasteiger charge is 2.14. The predicted molar refractivity (Wildman–Crippen MR) is 58.5 cm³/mol. The minimum atomic E-state index is -0.339. The average molecular weight is 237 g/mol. The second kappa shape index (κ2) is 4.36. The van der Waals surface area contributed by atoms with Crippen LogP contribution in [0.1, 0.15) is 17.0 Å². The van der Waals surface area contributed by atoms with E-state index in [1.165, 1.54) is 24.3 Å². The van der Waals surface area contributed by atoms with E-state index in [9.17, 15) is 4.39 Å². The fraction of sp³-hybridized carbons (Fsp3) is 0.100. The summed E-state index contributed by atoms with van der Waals surface area (Å²) in [6.45, 7) is 1.77. The zero-order valence-corrected chi connectivity index (χ0v) is 9.20. The molecule has 0 saturated carbocycles. The number of aryl methyl sites for hydroxylation is 1. The van der Waals surface area contributed by atoms with Gasteiger partial charge in [-0.2, -0.15) is 8.75 Å². The van der Waals surface area contributed by atoms with E-state index in [1.807, 2.05) is 0 Å². The standard InChI is InChI=1S/C10H8FN3OS/c1-6-9(14-16-13-6)10(12-15)7-2-4-8(11)5-3-7/h2-5,15H,1H3/b12-10-. The molecule has 0 bridgehead atoms. The Hall–Kier alpha value is -1.82. The smallest absolute Gasteiger partial charge is 0.138 e. The van der Waals surface area contributed by atoms with E-state index in [1.54, 1.807) is 6.92 Å². The summed E-state index contributed by atoms with van der Waals surface area (Å²) in [6.07, 6.45) is 0. The summed E-state index contributed by atoms with van der Waals surface area (Å²) in [4.78, 5) is 0. The molecule has 0 saturated heterocycles.